The molecule has 1 aromatic rings. The molecule has 0 saturated carbocycles. The van der Waals surface area contributed by atoms with Crippen LogP contribution in [0.5, 0.6) is 5.75 Å². The quantitative estimate of drug-likeness (QED) is 0.405. The predicted octanol–water partition coefficient (Wildman–Crippen LogP) is 0.276. The van der Waals surface area contributed by atoms with Crippen molar-refractivity contribution in [3.63, 3.8) is 0 Å². The Morgan fingerprint density at radius 1 is 1.56 bits per heavy atom. The SMILES string of the molecule is NC(=O)C#Cc1cc(F)c(O)c([N+](=O)[O-])c1. The average Bonchev–Trinajstić information content (AvgIpc) is 2.19. The van der Waals surface area contributed by atoms with Crippen LogP contribution in [0.2, 0.25) is 0 Å². The number of phenolic OH excluding ortho intramolecular Hbond substituents is 1. The summed E-state index contributed by atoms with van der Waals surface area (Å²) < 4.78 is 13.0. The number of aromatic hydroxyl groups is 1. The van der Waals surface area contributed by atoms with E-state index >= 15 is 0 Å². The summed E-state index contributed by atoms with van der Waals surface area (Å²) in [5.74, 6) is 0.806. The van der Waals surface area contributed by atoms with Gasteiger partial charge in [-0.2, -0.15) is 0 Å². The number of nitro groups is 1. The van der Waals surface area contributed by atoms with Gasteiger partial charge in [-0.3, -0.25) is 14.9 Å². The average molecular weight is 224 g/mol. The predicted molar refractivity (Wildman–Crippen MR) is 50.8 cm³/mol. The van der Waals surface area contributed by atoms with Gasteiger partial charge < -0.3 is 10.8 Å². The lowest BCUT2D eigenvalue weighted by molar-refractivity contribution is -0.386. The molecule has 0 aliphatic heterocycles. The van der Waals surface area contributed by atoms with Crippen LogP contribution in [0.25, 0.3) is 0 Å². The van der Waals surface area contributed by atoms with E-state index in [1.54, 1.807) is 0 Å². The number of carbonyl (C=O) groups excluding carboxylic acids is 1. The highest BCUT2D eigenvalue weighted by atomic mass is 19.1. The molecule has 0 bridgehead atoms. The second-order valence-electron chi connectivity index (χ2n) is 2.70. The summed E-state index contributed by atoms with van der Waals surface area (Å²) in [4.78, 5) is 19.8. The monoisotopic (exact) mass is 224 g/mol. The Morgan fingerprint density at radius 3 is 2.69 bits per heavy atom. The Labute approximate surface area is 88.6 Å². The zero-order chi connectivity index (χ0) is 12.3. The van der Waals surface area contributed by atoms with Crippen molar-refractivity contribution in [1.82, 2.24) is 0 Å². The number of nitrogens with zero attached hydrogens (tertiary/aromatic N) is 1. The van der Waals surface area contributed by atoms with Crippen LogP contribution in [0, 0.1) is 27.8 Å². The van der Waals surface area contributed by atoms with Crippen molar-refractivity contribution in [3.8, 4) is 17.6 Å². The molecule has 0 unspecified atom stereocenters. The highest BCUT2D eigenvalue weighted by Gasteiger charge is 2.18. The molecule has 1 aromatic carbocycles. The highest BCUT2D eigenvalue weighted by molar-refractivity contribution is 5.92. The second kappa shape index (κ2) is 4.27. The van der Waals surface area contributed by atoms with Crippen molar-refractivity contribution in [3.05, 3.63) is 33.6 Å². The zero-order valence-corrected chi connectivity index (χ0v) is 7.73. The lowest BCUT2D eigenvalue weighted by atomic mass is 10.2. The van der Waals surface area contributed by atoms with Gasteiger partial charge in [0.15, 0.2) is 5.82 Å². The van der Waals surface area contributed by atoms with Crippen molar-refractivity contribution in [2.24, 2.45) is 5.73 Å². The maximum atomic E-state index is 13.0. The number of carbonyl (C=O) groups is 1. The Kier molecular flexibility index (Phi) is 3.06. The number of hydrogen-bond acceptors (Lipinski definition) is 4. The van der Waals surface area contributed by atoms with Gasteiger partial charge >= 0.3 is 5.69 Å². The van der Waals surface area contributed by atoms with E-state index in [9.17, 15) is 19.3 Å². The van der Waals surface area contributed by atoms with Crippen molar-refractivity contribution < 1.29 is 19.2 Å². The lowest BCUT2D eigenvalue weighted by Crippen LogP contribution is -2.06. The van der Waals surface area contributed by atoms with Gasteiger partial charge in [-0.25, -0.2) is 4.39 Å². The van der Waals surface area contributed by atoms with Gasteiger partial charge in [0.1, 0.15) is 0 Å². The molecule has 7 heteroatoms. The molecule has 0 aliphatic carbocycles. The molecule has 1 amide bonds. The van der Waals surface area contributed by atoms with Crippen molar-refractivity contribution in [1.29, 1.82) is 0 Å². The molecule has 0 aliphatic rings. The van der Waals surface area contributed by atoms with E-state index in [-0.39, 0.29) is 5.56 Å². The van der Waals surface area contributed by atoms with Gasteiger partial charge in [-0.05, 0) is 12.0 Å². The van der Waals surface area contributed by atoms with Gasteiger partial charge in [0.25, 0.3) is 5.91 Å². The van der Waals surface area contributed by atoms with E-state index in [1.165, 1.54) is 0 Å². The van der Waals surface area contributed by atoms with Gasteiger partial charge in [0.2, 0.25) is 5.75 Å². The fraction of sp³-hybridized carbons (Fsp3) is 0. The summed E-state index contributed by atoms with van der Waals surface area (Å²) in [5, 5.41) is 19.4. The van der Waals surface area contributed by atoms with Crippen molar-refractivity contribution in [2.75, 3.05) is 0 Å². The van der Waals surface area contributed by atoms with Crippen LogP contribution in [-0.4, -0.2) is 15.9 Å². The minimum absolute atomic E-state index is 0.124. The molecular formula is C9H5FN2O4. The van der Waals surface area contributed by atoms with Gasteiger partial charge in [-0.15, -0.1) is 0 Å². The molecule has 0 saturated heterocycles. The van der Waals surface area contributed by atoms with Crippen LogP contribution in [-0.2, 0) is 4.79 Å². The Bertz CT molecular complexity index is 530. The summed E-state index contributed by atoms with van der Waals surface area (Å²) in [6, 6.07) is 1.60. The Hall–Kier alpha value is -2.62. The fourth-order valence-corrected chi connectivity index (χ4v) is 0.930. The van der Waals surface area contributed by atoms with Crippen LogP contribution in [0.3, 0.4) is 0 Å². The standard InChI is InChI=1S/C9H5FN2O4/c10-6-3-5(1-2-8(11)13)4-7(9(6)14)12(15)16/h3-4,14H,(H2,11,13). The molecule has 0 fully saturated rings. The molecule has 0 spiro atoms. The van der Waals surface area contributed by atoms with E-state index < -0.39 is 28.1 Å². The first kappa shape index (κ1) is 11.5. The van der Waals surface area contributed by atoms with Crippen LogP contribution in [0.1, 0.15) is 5.56 Å². The topological polar surface area (TPSA) is 106 Å². The number of halogens is 1. The molecule has 3 N–H and O–H groups in total. The first-order valence-electron chi connectivity index (χ1n) is 3.90. The minimum Gasteiger partial charge on any atom is -0.500 e. The van der Waals surface area contributed by atoms with Crippen LogP contribution < -0.4 is 5.73 Å². The summed E-state index contributed by atoms with van der Waals surface area (Å²) in [5.41, 5.74) is 3.77. The third-order valence-electron chi connectivity index (χ3n) is 1.57. The van der Waals surface area contributed by atoms with E-state index in [4.69, 9.17) is 10.8 Å². The number of primary amides is 1. The molecule has 82 valence electrons. The van der Waals surface area contributed by atoms with Crippen LogP contribution in [0.4, 0.5) is 10.1 Å². The molecule has 0 atom stereocenters. The minimum atomic E-state index is -1.19. The van der Waals surface area contributed by atoms with Crippen molar-refractivity contribution >= 4 is 11.6 Å². The smallest absolute Gasteiger partial charge is 0.315 e. The molecule has 0 aromatic heterocycles. The Morgan fingerprint density at radius 2 is 2.19 bits per heavy atom. The number of amides is 1. The number of benzene rings is 1. The summed E-state index contributed by atoms with van der Waals surface area (Å²) >= 11 is 0. The normalized spacial score (nSPS) is 9.06. The van der Waals surface area contributed by atoms with Crippen molar-refractivity contribution in [2.45, 2.75) is 0 Å². The second-order valence-corrected chi connectivity index (χ2v) is 2.70. The molecular weight excluding hydrogens is 219 g/mol. The molecule has 0 heterocycles. The maximum Gasteiger partial charge on any atom is 0.315 e. The van der Waals surface area contributed by atoms with Gasteiger partial charge in [-0.1, -0.05) is 5.92 Å². The number of nitro benzene ring substituents is 1. The summed E-state index contributed by atoms with van der Waals surface area (Å²) in [7, 11) is 0. The Balaban J connectivity index is 3.31. The molecule has 16 heavy (non-hydrogen) atoms. The first-order valence-corrected chi connectivity index (χ1v) is 3.90. The van der Waals surface area contributed by atoms with Crippen LogP contribution >= 0.6 is 0 Å². The number of hydrogen-bond donors (Lipinski definition) is 2. The molecule has 6 nitrogen and oxygen atoms in total. The highest BCUT2D eigenvalue weighted by Crippen LogP contribution is 2.29. The number of nitrogens with two attached hydrogens (primary N) is 1. The first-order chi connectivity index (χ1) is 7.41. The lowest BCUT2D eigenvalue weighted by Gasteiger charge is -1.98. The summed E-state index contributed by atoms with van der Waals surface area (Å²) in [6.07, 6.45) is 0. The molecule has 1 rings (SSSR count). The largest absolute Gasteiger partial charge is 0.500 e. The van der Waals surface area contributed by atoms with Gasteiger partial charge in [0.05, 0.1) is 4.92 Å². The van der Waals surface area contributed by atoms with E-state index in [0.29, 0.717) is 0 Å². The third kappa shape index (κ3) is 2.45. The number of rotatable bonds is 1. The maximum absolute atomic E-state index is 13.0. The molecule has 0 radical (unpaired) electrons. The number of phenols is 1. The summed E-state index contributed by atoms with van der Waals surface area (Å²) in [6.45, 7) is 0. The van der Waals surface area contributed by atoms with E-state index in [1.807, 2.05) is 5.92 Å². The fourth-order valence-electron chi connectivity index (χ4n) is 0.930. The van der Waals surface area contributed by atoms with E-state index in [2.05, 4.69) is 5.92 Å². The third-order valence-corrected chi connectivity index (χ3v) is 1.57. The van der Waals surface area contributed by atoms with Crippen LogP contribution in [0.15, 0.2) is 12.1 Å². The van der Waals surface area contributed by atoms with Gasteiger partial charge in [0, 0.05) is 11.6 Å². The zero-order valence-electron chi connectivity index (χ0n) is 7.73. The van der Waals surface area contributed by atoms with E-state index in [0.717, 1.165) is 12.1 Å².